The summed E-state index contributed by atoms with van der Waals surface area (Å²) in [6, 6.07) is 10.4. The second-order valence-corrected chi connectivity index (χ2v) is 7.49. The third-order valence-electron chi connectivity index (χ3n) is 4.86. The largest absolute Gasteiger partial charge is 0.326 e. The molecular formula is C19H16BrN3O. The molecule has 3 heterocycles. The van der Waals surface area contributed by atoms with Gasteiger partial charge in [0.05, 0.1) is 6.42 Å². The van der Waals surface area contributed by atoms with Crippen LogP contribution in [0.5, 0.6) is 0 Å². The van der Waals surface area contributed by atoms with E-state index in [4.69, 9.17) is 4.98 Å². The Hall–Kier alpha value is -2.14. The smallest absolute Gasteiger partial charge is 0.228 e. The summed E-state index contributed by atoms with van der Waals surface area (Å²) in [5, 5.41) is 4.05. The minimum absolute atomic E-state index is 0.0667. The SMILES string of the molecule is Cc1ccc2c(Br)c(C3CC3)n(-c3ccc4c(c3)CC(=O)N4)c2n1. The van der Waals surface area contributed by atoms with Gasteiger partial charge in [-0.25, -0.2) is 4.98 Å². The fourth-order valence-corrected chi connectivity index (χ4v) is 4.38. The topological polar surface area (TPSA) is 46.9 Å². The monoisotopic (exact) mass is 381 g/mol. The van der Waals surface area contributed by atoms with Gasteiger partial charge < -0.3 is 5.32 Å². The molecule has 0 spiro atoms. The van der Waals surface area contributed by atoms with Crippen molar-refractivity contribution in [3.63, 3.8) is 0 Å². The minimum Gasteiger partial charge on any atom is -0.326 e. The fourth-order valence-electron chi connectivity index (χ4n) is 3.57. The number of aryl methyl sites for hydroxylation is 1. The number of nitrogens with zero attached hydrogens (tertiary/aromatic N) is 2. The highest BCUT2D eigenvalue weighted by molar-refractivity contribution is 9.10. The van der Waals surface area contributed by atoms with Crippen molar-refractivity contribution >= 4 is 38.6 Å². The lowest BCUT2D eigenvalue weighted by molar-refractivity contribution is -0.115. The third-order valence-corrected chi connectivity index (χ3v) is 5.70. The van der Waals surface area contributed by atoms with Gasteiger partial charge in [-0.1, -0.05) is 0 Å². The molecular weight excluding hydrogens is 366 g/mol. The number of aromatic nitrogens is 2. The maximum atomic E-state index is 11.7. The van der Waals surface area contributed by atoms with E-state index in [0.29, 0.717) is 12.3 Å². The number of pyridine rings is 1. The van der Waals surface area contributed by atoms with E-state index in [1.54, 1.807) is 0 Å². The Morgan fingerprint density at radius 2 is 2.08 bits per heavy atom. The highest BCUT2D eigenvalue weighted by atomic mass is 79.9. The predicted octanol–water partition coefficient (Wildman–Crippen LogP) is 4.47. The second-order valence-electron chi connectivity index (χ2n) is 6.70. The van der Waals surface area contributed by atoms with Gasteiger partial charge in [-0.2, -0.15) is 0 Å². The summed E-state index contributed by atoms with van der Waals surface area (Å²) in [6.07, 6.45) is 2.90. The van der Waals surface area contributed by atoms with E-state index in [-0.39, 0.29) is 5.91 Å². The number of rotatable bonds is 2. The van der Waals surface area contributed by atoms with E-state index in [1.165, 1.54) is 18.5 Å². The Kier molecular flexibility index (Phi) is 2.92. The first-order valence-corrected chi connectivity index (χ1v) is 9.02. The van der Waals surface area contributed by atoms with Crippen LogP contribution in [0, 0.1) is 6.92 Å². The van der Waals surface area contributed by atoms with Crippen LogP contribution in [0.1, 0.15) is 35.7 Å². The van der Waals surface area contributed by atoms with Crippen LogP contribution in [0.15, 0.2) is 34.8 Å². The Morgan fingerprint density at radius 3 is 2.88 bits per heavy atom. The van der Waals surface area contributed by atoms with Crippen molar-refractivity contribution < 1.29 is 4.79 Å². The maximum Gasteiger partial charge on any atom is 0.228 e. The lowest BCUT2D eigenvalue weighted by atomic mass is 10.1. The van der Waals surface area contributed by atoms with Crippen molar-refractivity contribution in [3.05, 3.63) is 51.8 Å². The molecule has 1 aromatic carbocycles. The summed E-state index contributed by atoms with van der Waals surface area (Å²) in [5.74, 6) is 0.652. The van der Waals surface area contributed by atoms with Crippen LogP contribution >= 0.6 is 15.9 Å². The Labute approximate surface area is 148 Å². The van der Waals surface area contributed by atoms with E-state index >= 15 is 0 Å². The second kappa shape index (κ2) is 4.93. The molecule has 5 heteroatoms. The standard InChI is InChI=1S/C19H16BrN3O/c1-10-2-6-14-17(20)18(11-3-4-11)23(19(14)21-10)13-5-7-15-12(8-13)9-16(24)22-15/h2,5-8,11H,3-4,9H2,1H3,(H,22,24). The van der Waals surface area contributed by atoms with Gasteiger partial charge in [-0.05, 0) is 71.6 Å². The van der Waals surface area contributed by atoms with Crippen LogP contribution in [-0.4, -0.2) is 15.5 Å². The molecule has 2 aliphatic rings. The summed E-state index contributed by atoms with van der Waals surface area (Å²) in [5.41, 5.74) is 6.37. The van der Waals surface area contributed by atoms with Crippen LogP contribution in [0.25, 0.3) is 16.7 Å². The van der Waals surface area contributed by atoms with E-state index in [2.05, 4.69) is 50.1 Å². The molecule has 2 aromatic heterocycles. The number of anilines is 1. The van der Waals surface area contributed by atoms with E-state index in [0.717, 1.165) is 38.1 Å². The molecule has 120 valence electrons. The lowest BCUT2D eigenvalue weighted by Crippen LogP contribution is -2.03. The van der Waals surface area contributed by atoms with E-state index in [9.17, 15) is 4.79 Å². The van der Waals surface area contributed by atoms with Crippen molar-refractivity contribution in [1.82, 2.24) is 9.55 Å². The number of halogens is 1. The molecule has 4 nitrogen and oxygen atoms in total. The molecule has 0 unspecified atom stereocenters. The molecule has 0 radical (unpaired) electrons. The van der Waals surface area contributed by atoms with E-state index < -0.39 is 0 Å². The van der Waals surface area contributed by atoms with Crippen LogP contribution < -0.4 is 5.32 Å². The molecule has 1 N–H and O–H groups in total. The summed E-state index contributed by atoms with van der Waals surface area (Å²) in [6.45, 7) is 2.02. The molecule has 1 fully saturated rings. The number of fused-ring (bicyclic) bond motifs is 2. The first-order chi connectivity index (χ1) is 11.6. The number of carbonyl (C=O) groups excluding carboxylic acids is 1. The fraction of sp³-hybridized carbons (Fsp3) is 0.263. The summed E-state index contributed by atoms with van der Waals surface area (Å²) in [7, 11) is 0. The van der Waals surface area contributed by atoms with Crippen LogP contribution in [0.4, 0.5) is 5.69 Å². The van der Waals surface area contributed by atoms with Gasteiger partial charge in [0, 0.05) is 38.5 Å². The van der Waals surface area contributed by atoms with Crippen molar-refractivity contribution in [3.8, 4) is 5.69 Å². The Balaban J connectivity index is 1.80. The van der Waals surface area contributed by atoms with Gasteiger partial charge in [0.1, 0.15) is 5.65 Å². The zero-order valence-electron chi connectivity index (χ0n) is 13.3. The van der Waals surface area contributed by atoms with Crippen LogP contribution in [0.3, 0.4) is 0 Å². The molecule has 0 bridgehead atoms. The first kappa shape index (κ1) is 14.2. The molecule has 0 atom stereocenters. The predicted molar refractivity (Wildman–Crippen MR) is 97.8 cm³/mol. The van der Waals surface area contributed by atoms with Gasteiger partial charge in [-0.3, -0.25) is 9.36 Å². The van der Waals surface area contributed by atoms with Crippen LogP contribution in [0.2, 0.25) is 0 Å². The average molecular weight is 382 g/mol. The number of amides is 1. The molecule has 5 rings (SSSR count). The van der Waals surface area contributed by atoms with Crippen molar-refractivity contribution in [2.75, 3.05) is 5.32 Å². The Morgan fingerprint density at radius 1 is 1.25 bits per heavy atom. The molecule has 24 heavy (non-hydrogen) atoms. The summed E-state index contributed by atoms with van der Waals surface area (Å²) >= 11 is 3.81. The van der Waals surface area contributed by atoms with Gasteiger partial charge in [-0.15, -0.1) is 0 Å². The van der Waals surface area contributed by atoms with Crippen LogP contribution in [-0.2, 0) is 11.2 Å². The number of hydrogen-bond acceptors (Lipinski definition) is 2. The van der Waals surface area contributed by atoms with Crippen molar-refractivity contribution in [2.24, 2.45) is 0 Å². The van der Waals surface area contributed by atoms with Crippen molar-refractivity contribution in [2.45, 2.75) is 32.1 Å². The zero-order valence-corrected chi connectivity index (χ0v) is 14.9. The average Bonchev–Trinajstić information content (AvgIpc) is 3.25. The number of nitrogens with one attached hydrogen (secondary N) is 1. The molecule has 3 aromatic rings. The highest BCUT2D eigenvalue weighted by Crippen LogP contribution is 2.48. The lowest BCUT2D eigenvalue weighted by Gasteiger charge is -2.12. The molecule has 0 saturated heterocycles. The number of benzene rings is 1. The minimum atomic E-state index is 0.0667. The molecule has 1 amide bonds. The number of carbonyl (C=O) groups is 1. The maximum absolute atomic E-state index is 11.7. The van der Waals surface area contributed by atoms with Gasteiger partial charge >= 0.3 is 0 Å². The molecule has 1 aliphatic heterocycles. The van der Waals surface area contributed by atoms with Gasteiger partial charge in [0.25, 0.3) is 0 Å². The van der Waals surface area contributed by atoms with Gasteiger partial charge in [0.2, 0.25) is 5.91 Å². The Bertz CT molecular complexity index is 1020. The van der Waals surface area contributed by atoms with E-state index in [1.807, 2.05) is 13.0 Å². The van der Waals surface area contributed by atoms with Crippen molar-refractivity contribution in [1.29, 1.82) is 0 Å². The quantitative estimate of drug-likeness (QED) is 0.711. The summed E-state index contributed by atoms with van der Waals surface area (Å²) in [4.78, 5) is 16.5. The first-order valence-electron chi connectivity index (χ1n) is 8.22. The number of hydrogen-bond donors (Lipinski definition) is 1. The van der Waals surface area contributed by atoms with Gasteiger partial charge in [0.15, 0.2) is 0 Å². The third kappa shape index (κ3) is 2.04. The highest BCUT2D eigenvalue weighted by Gasteiger charge is 2.32. The summed E-state index contributed by atoms with van der Waals surface area (Å²) < 4.78 is 3.43. The molecule has 1 aliphatic carbocycles. The zero-order chi connectivity index (χ0) is 16.4. The molecule has 1 saturated carbocycles. The normalized spacial score (nSPS) is 16.5.